The van der Waals surface area contributed by atoms with E-state index in [-0.39, 0.29) is 20.1 Å². The molecule has 1 radical (unpaired) electrons. The van der Waals surface area contributed by atoms with Crippen molar-refractivity contribution in [2.45, 2.75) is 0 Å². The summed E-state index contributed by atoms with van der Waals surface area (Å²) >= 11 is 0. The summed E-state index contributed by atoms with van der Waals surface area (Å²) in [5, 5.41) is 0. The maximum absolute atomic E-state index is 4.08. The molecule has 0 spiro atoms. The Morgan fingerprint density at radius 3 is 2.11 bits per heavy atom. The smallest absolute Gasteiger partial charge is 0.0290 e. The number of rotatable bonds is 1. The van der Waals surface area contributed by atoms with E-state index in [4.69, 9.17) is 0 Å². The fraction of sp³-hybridized carbons (Fsp3) is 0.0667. The van der Waals surface area contributed by atoms with Gasteiger partial charge in [-0.3, -0.25) is 0 Å². The van der Waals surface area contributed by atoms with Crippen LogP contribution in [-0.4, -0.2) is 7.05 Å². The second kappa shape index (κ2) is 5.05. The molecule has 1 aliphatic heterocycles. The number of anilines is 3. The zero-order valence-corrected chi connectivity index (χ0v) is 12.5. The Morgan fingerprint density at radius 1 is 0.889 bits per heavy atom. The number of hydrogen-bond donors (Lipinski definition) is 0. The van der Waals surface area contributed by atoms with Gasteiger partial charge in [-0.15, -0.1) is 6.07 Å². The van der Waals surface area contributed by atoms with Gasteiger partial charge in [-0.25, -0.2) is 0 Å². The summed E-state index contributed by atoms with van der Waals surface area (Å²) in [5.41, 5.74) is 4.58. The predicted molar refractivity (Wildman–Crippen MR) is 72.2 cm³/mol. The first-order valence-corrected chi connectivity index (χ1v) is 5.64. The van der Waals surface area contributed by atoms with E-state index in [1.54, 1.807) is 0 Å². The van der Waals surface area contributed by atoms with Crippen molar-refractivity contribution in [3.05, 3.63) is 67.7 Å². The molecule has 0 saturated carbocycles. The van der Waals surface area contributed by atoms with Crippen LogP contribution in [0.1, 0.15) is 5.56 Å². The number of benzene rings is 2. The summed E-state index contributed by atoms with van der Waals surface area (Å²) in [5.74, 6) is 0. The van der Waals surface area contributed by atoms with Crippen molar-refractivity contribution in [1.82, 2.24) is 0 Å². The maximum atomic E-state index is 4.08. The third-order valence-electron chi connectivity index (χ3n) is 3.06. The standard InChI is InChI=1S/C15H14N2.Ir/c1-12-7-3-4-8-13(12)17-11-16(2)14-9-5-6-10-15(14)17;/h3-11H,1H2,2H3;/q-2;. The topological polar surface area (TPSA) is 6.48 Å². The molecule has 0 atom stereocenters. The average Bonchev–Trinajstić information content (AvgIpc) is 2.68. The Kier molecular flexibility index (Phi) is 3.65. The monoisotopic (exact) mass is 415 g/mol. The van der Waals surface area contributed by atoms with E-state index in [0.717, 1.165) is 11.3 Å². The van der Waals surface area contributed by atoms with Crippen LogP contribution < -0.4 is 9.80 Å². The van der Waals surface area contributed by atoms with Gasteiger partial charge in [0.1, 0.15) is 0 Å². The largest absolute Gasteiger partial charge is 0.526 e. The van der Waals surface area contributed by atoms with Crippen LogP contribution in [0.4, 0.5) is 17.1 Å². The Hall–Kier alpha value is -1.44. The van der Waals surface area contributed by atoms with E-state index in [9.17, 15) is 0 Å². The fourth-order valence-electron chi connectivity index (χ4n) is 2.20. The first-order valence-electron chi connectivity index (χ1n) is 5.64. The Balaban J connectivity index is 0.00000120. The molecular formula is C15H14IrN2-2. The summed E-state index contributed by atoms with van der Waals surface area (Å²) in [6.07, 6.45) is 0. The number of fused-ring (bicyclic) bond motifs is 1. The molecular weight excluding hydrogens is 400 g/mol. The molecule has 0 amide bonds. The summed E-state index contributed by atoms with van der Waals surface area (Å²) in [6.45, 7) is 6.17. The minimum atomic E-state index is 0. The summed E-state index contributed by atoms with van der Waals surface area (Å²) < 4.78 is 0. The van der Waals surface area contributed by atoms with Gasteiger partial charge in [-0.1, -0.05) is 30.0 Å². The van der Waals surface area contributed by atoms with Gasteiger partial charge in [0.05, 0.1) is 0 Å². The van der Waals surface area contributed by atoms with Crippen LogP contribution in [0.3, 0.4) is 0 Å². The molecule has 0 saturated heterocycles. The molecule has 1 heterocycles. The van der Waals surface area contributed by atoms with Crippen LogP contribution in [0, 0.1) is 13.6 Å². The predicted octanol–water partition coefficient (Wildman–Crippen LogP) is 3.57. The van der Waals surface area contributed by atoms with Crippen molar-refractivity contribution in [1.29, 1.82) is 0 Å². The summed E-state index contributed by atoms with van der Waals surface area (Å²) in [4.78, 5) is 4.30. The second-order valence-corrected chi connectivity index (χ2v) is 4.21. The van der Waals surface area contributed by atoms with E-state index < -0.39 is 0 Å². The molecule has 0 bridgehead atoms. The Morgan fingerprint density at radius 2 is 1.44 bits per heavy atom. The maximum Gasteiger partial charge on any atom is 0.0290 e. The molecule has 0 fully saturated rings. The number of para-hydroxylation sites is 3. The SMILES string of the molecule is [CH2-]c1ccccc1N1[CH-]N(C)c2ccccc21.[Ir]. The van der Waals surface area contributed by atoms with Crippen molar-refractivity contribution in [3.63, 3.8) is 0 Å². The van der Waals surface area contributed by atoms with Crippen LogP contribution in [0.2, 0.25) is 0 Å². The van der Waals surface area contributed by atoms with Crippen LogP contribution in [0.15, 0.2) is 48.5 Å². The Bertz CT molecular complexity index is 554. The van der Waals surface area contributed by atoms with Gasteiger partial charge in [0, 0.05) is 31.5 Å². The van der Waals surface area contributed by atoms with Crippen LogP contribution in [-0.2, 0) is 20.1 Å². The van der Waals surface area contributed by atoms with Crippen molar-refractivity contribution in [2.24, 2.45) is 0 Å². The van der Waals surface area contributed by atoms with E-state index in [2.05, 4.69) is 60.8 Å². The van der Waals surface area contributed by atoms with Gasteiger partial charge in [0.25, 0.3) is 0 Å². The minimum absolute atomic E-state index is 0. The third-order valence-corrected chi connectivity index (χ3v) is 3.06. The molecule has 0 unspecified atom stereocenters. The summed E-state index contributed by atoms with van der Waals surface area (Å²) in [7, 11) is 2.06. The molecule has 2 nitrogen and oxygen atoms in total. The normalized spacial score (nSPS) is 13.2. The number of nitrogens with zero attached hydrogens (tertiary/aromatic N) is 2. The first kappa shape index (κ1) is 13.0. The van der Waals surface area contributed by atoms with Crippen LogP contribution >= 0.6 is 0 Å². The van der Waals surface area contributed by atoms with Crippen molar-refractivity contribution >= 4 is 17.1 Å². The van der Waals surface area contributed by atoms with Crippen molar-refractivity contribution in [2.75, 3.05) is 16.8 Å². The molecule has 2 aromatic rings. The van der Waals surface area contributed by atoms with Crippen LogP contribution in [0.25, 0.3) is 0 Å². The molecule has 0 aromatic heterocycles. The molecule has 2 aromatic carbocycles. The second-order valence-electron chi connectivity index (χ2n) is 4.21. The van der Waals surface area contributed by atoms with Gasteiger partial charge in [0.2, 0.25) is 0 Å². The zero-order chi connectivity index (χ0) is 11.8. The quantitative estimate of drug-likeness (QED) is 0.659. The Labute approximate surface area is 122 Å². The fourth-order valence-corrected chi connectivity index (χ4v) is 2.20. The van der Waals surface area contributed by atoms with Gasteiger partial charge in [-0.2, -0.15) is 25.2 Å². The molecule has 0 aliphatic carbocycles. The number of hydrogen-bond acceptors (Lipinski definition) is 2. The third kappa shape index (κ3) is 2.00. The van der Waals surface area contributed by atoms with Crippen molar-refractivity contribution in [3.8, 4) is 0 Å². The van der Waals surface area contributed by atoms with E-state index >= 15 is 0 Å². The van der Waals surface area contributed by atoms with E-state index in [0.29, 0.717) is 0 Å². The minimum Gasteiger partial charge on any atom is -0.526 e. The van der Waals surface area contributed by atoms with E-state index in [1.807, 2.05) is 18.2 Å². The molecule has 1 aliphatic rings. The average molecular weight is 415 g/mol. The van der Waals surface area contributed by atoms with Crippen molar-refractivity contribution < 1.29 is 20.1 Å². The molecule has 0 N–H and O–H groups in total. The molecule has 95 valence electrons. The molecule has 3 rings (SSSR count). The van der Waals surface area contributed by atoms with Gasteiger partial charge in [0.15, 0.2) is 0 Å². The van der Waals surface area contributed by atoms with Crippen LogP contribution in [0.5, 0.6) is 0 Å². The molecule has 18 heavy (non-hydrogen) atoms. The van der Waals surface area contributed by atoms with Gasteiger partial charge >= 0.3 is 0 Å². The van der Waals surface area contributed by atoms with E-state index in [1.165, 1.54) is 11.4 Å². The zero-order valence-electron chi connectivity index (χ0n) is 10.1. The van der Waals surface area contributed by atoms with Gasteiger partial charge < -0.3 is 9.80 Å². The summed E-state index contributed by atoms with van der Waals surface area (Å²) in [6, 6.07) is 16.5. The van der Waals surface area contributed by atoms with Gasteiger partial charge in [-0.05, 0) is 19.2 Å². The molecule has 3 heteroatoms. The first-order chi connectivity index (χ1) is 8.27.